The minimum absolute atomic E-state index is 0.00625. The van der Waals surface area contributed by atoms with E-state index in [1.165, 1.54) is 18.5 Å². The molecule has 0 aliphatic carbocycles. The van der Waals surface area contributed by atoms with Crippen LogP contribution in [0.5, 0.6) is 0 Å². The largest absolute Gasteiger partial charge is 0.263 e. The molecule has 4 nitrogen and oxygen atoms in total. The summed E-state index contributed by atoms with van der Waals surface area (Å²) in [7, 11) is -3.73. The zero-order chi connectivity index (χ0) is 15.5. The molecule has 0 spiro atoms. The molecule has 21 heavy (non-hydrogen) atoms. The fraction of sp³-hybridized carbons (Fsp3) is 0.267. The normalized spacial score (nSPS) is 13.3. The highest BCUT2D eigenvalue weighted by molar-refractivity contribution is 7.89. The molecule has 2 rings (SSSR count). The zero-order valence-corrected chi connectivity index (χ0v) is 13.4. The SMILES string of the molecule is CC(C)C(NS(=O)(=O)c1cnccc1Cl)c1ccccc1. The Hall–Kier alpha value is -1.43. The molecule has 0 bridgehead atoms. The summed E-state index contributed by atoms with van der Waals surface area (Å²) < 4.78 is 27.7. The van der Waals surface area contributed by atoms with Crippen LogP contribution >= 0.6 is 11.6 Å². The third-order valence-electron chi connectivity index (χ3n) is 3.13. The molecule has 0 aliphatic heterocycles. The molecule has 0 aliphatic rings. The van der Waals surface area contributed by atoms with E-state index in [9.17, 15) is 8.42 Å². The van der Waals surface area contributed by atoms with Crippen molar-refractivity contribution >= 4 is 21.6 Å². The maximum absolute atomic E-state index is 12.5. The Morgan fingerprint density at radius 3 is 2.38 bits per heavy atom. The molecular formula is C15H17ClN2O2S. The van der Waals surface area contributed by atoms with Crippen LogP contribution in [0.4, 0.5) is 0 Å². The number of hydrogen-bond acceptors (Lipinski definition) is 3. The van der Waals surface area contributed by atoms with Crippen LogP contribution in [0.15, 0.2) is 53.7 Å². The van der Waals surface area contributed by atoms with Gasteiger partial charge in [-0.3, -0.25) is 4.98 Å². The van der Waals surface area contributed by atoms with Gasteiger partial charge in [-0.2, -0.15) is 0 Å². The molecular weight excluding hydrogens is 308 g/mol. The van der Waals surface area contributed by atoms with Gasteiger partial charge in [0, 0.05) is 18.4 Å². The molecule has 1 aromatic heterocycles. The first-order valence-corrected chi connectivity index (χ1v) is 8.44. The molecule has 6 heteroatoms. The second-order valence-electron chi connectivity index (χ2n) is 5.06. The Morgan fingerprint density at radius 1 is 1.14 bits per heavy atom. The molecule has 0 amide bonds. The molecule has 0 fully saturated rings. The van der Waals surface area contributed by atoms with Crippen LogP contribution in [0.1, 0.15) is 25.5 Å². The van der Waals surface area contributed by atoms with Crippen LogP contribution in [-0.4, -0.2) is 13.4 Å². The fourth-order valence-electron chi connectivity index (χ4n) is 2.04. The van der Waals surface area contributed by atoms with E-state index in [4.69, 9.17) is 11.6 Å². The summed E-state index contributed by atoms with van der Waals surface area (Å²) in [6, 6.07) is 10.6. The van der Waals surface area contributed by atoms with E-state index in [1.54, 1.807) is 0 Å². The fourth-order valence-corrected chi connectivity index (χ4v) is 3.84. The summed E-state index contributed by atoms with van der Waals surface area (Å²) in [4.78, 5) is 3.83. The third kappa shape index (κ3) is 3.81. The number of nitrogens with one attached hydrogen (secondary N) is 1. The first-order valence-electron chi connectivity index (χ1n) is 6.58. The monoisotopic (exact) mass is 324 g/mol. The van der Waals surface area contributed by atoms with Gasteiger partial charge in [0.15, 0.2) is 0 Å². The van der Waals surface area contributed by atoms with Crippen molar-refractivity contribution in [2.24, 2.45) is 5.92 Å². The van der Waals surface area contributed by atoms with E-state index < -0.39 is 10.0 Å². The zero-order valence-electron chi connectivity index (χ0n) is 11.8. The molecule has 112 valence electrons. The van der Waals surface area contributed by atoms with Gasteiger partial charge in [0.1, 0.15) is 4.90 Å². The van der Waals surface area contributed by atoms with E-state index in [2.05, 4.69) is 9.71 Å². The number of sulfonamides is 1. The van der Waals surface area contributed by atoms with Crippen molar-refractivity contribution in [3.05, 3.63) is 59.4 Å². The molecule has 0 saturated heterocycles. The number of pyridine rings is 1. The van der Waals surface area contributed by atoms with Gasteiger partial charge in [-0.05, 0) is 17.5 Å². The maximum Gasteiger partial charge on any atom is 0.244 e. The Bertz CT molecular complexity index is 703. The lowest BCUT2D eigenvalue weighted by atomic mass is 9.97. The van der Waals surface area contributed by atoms with Gasteiger partial charge >= 0.3 is 0 Å². The standard InChI is InChI=1S/C15H17ClN2O2S/c1-11(2)15(12-6-4-3-5-7-12)18-21(19,20)14-10-17-9-8-13(14)16/h3-11,15,18H,1-2H3. The van der Waals surface area contributed by atoms with Gasteiger partial charge in [0.2, 0.25) is 10.0 Å². The van der Waals surface area contributed by atoms with Gasteiger partial charge in [-0.15, -0.1) is 0 Å². The Kier molecular flexibility index (Phi) is 4.98. The molecule has 1 aromatic carbocycles. The van der Waals surface area contributed by atoms with E-state index in [0.717, 1.165) is 5.56 Å². The number of nitrogens with zero attached hydrogens (tertiary/aromatic N) is 1. The van der Waals surface area contributed by atoms with Crippen LogP contribution in [0.25, 0.3) is 0 Å². The lowest BCUT2D eigenvalue weighted by Gasteiger charge is -2.23. The second-order valence-corrected chi connectivity index (χ2v) is 7.15. The molecule has 0 saturated carbocycles. The lowest BCUT2D eigenvalue weighted by molar-refractivity contribution is 0.463. The number of hydrogen-bond donors (Lipinski definition) is 1. The quantitative estimate of drug-likeness (QED) is 0.916. The highest BCUT2D eigenvalue weighted by Crippen LogP contribution is 2.26. The van der Waals surface area contributed by atoms with Crippen molar-refractivity contribution in [2.45, 2.75) is 24.8 Å². The van der Waals surface area contributed by atoms with Gasteiger partial charge in [-0.1, -0.05) is 55.8 Å². The first kappa shape index (κ1) is 15.9. The number of halogens is 1. The maximum atomic E-state index is 12.5. The molecule has 2 aromatic rings. The Morgan fingerprint density at radius 2 is 1.81 bits per heavy atom. The van der Waals surface area contributed by atoms with E-state index >= 15 is 0 Å². The van der Waals surface area contributed by atoms with Gasteiger partial charge in [0.25, 0.3) is 0 Å². The van der Waals surface area contributed by atoms with Crippen molar-refractivity contribution in [1.29, 1.82) is 0 Å². The predicted octanol–water partition coefficient (Wildman–Crippen LogP) is 3.41. The number of rotatable bonds is 5. The summed E-state index contributed by atoms with van der Waals surface area (Å²) in [5.41, 5.74) is 0.913. The van der Waals surface area contributed by atoms with Crippen LogP contribution in [-0.2, 0) is 10.0 Å². The van der Waals surface area contributed by atoms with E-state index in [0.29, 0.717) is 0 Å². The van der Waals surface area contributed by atoms with E-state index in [-0.39, 0.29) is 21.9 Å². The molecule has 1 heterocycles. The van der Waals surface area contributed by atoms with E-state index in [1.807, 2.05) is 44.2 Å². The summed E-state index contributed by atoms with van der Waals surface area (Å²) in [5, 5.41) is 0.160. The highest BCUT2D eigenvalue weighted by atomic mass is 35.5. The predicted molar refractivity (Wildman–Crippen MR) is 83.6 cm³/mol. The van der Waals surface area contributed by atoms with Crippen molar-refractivity contribution < 1.29 is 8.42 Å². The third-order valence-corrected chi connectivity index (χ3v) is 5.04. The molecule has 1 atom stereocenters. The summed E-state index contributed by atoms with van der Waals surface area (Å²) in [6.45, 7) is 3.93. The summed E-state index contributed by atoms with van der Waals surface area (Å²) in [6.07, 6.45) is 2.71. The van der Waals surface area contributed by atoms with Crippen molar-refractivity contribution in [1.82, 2.24) is 9.71 Å². The van der Waals surface area contributed by atoms with Gasteiger partial charge < -0.3 is 0 Å². The average molecular weight is 325 g/mol. The molecule has 0 radical (unpaired) electrons. The minimum atomic E-state index is -3.73. The van der Waals surface area contributed by atoms with Crippen LogP contribution in [0, 0.1) is 5.92 Å². The second kappa shape index (κ2) is 6.56. The Balaban J connectivity index is 2.36. The number of benzene rings is 1. The average Bonchev–Trinajstić information content (AvgIpc) is 2.46. The van der Waals surface area contributed by atoms with Gasteiger partial charge in [-0.25, -0.2) is 13.1 Å². The van der Waals surface area contributed by atoms with Crippen molar-refractivity contribution in [2.75, 3.05) is 0 Å². The molecule has 1 N–H and O–H groups in total. The smallest absolute Gasteiger partial charge is 0.244 e. The van der Waals surface area contributed by atoms with Gasteiger partial charge in [0.05, 0.1) is 5.02 Å². The first-order chi connectivity index (χ1) is 9.92. The van der Waals surface area contributed by atoms with Crippen molar-refractivity contribution in [3.63, 3.8) is 0 Å². The molecule has 1 unspecified atom stereocenters. The summed E-state index contributed by atoms with van der Waals surface area (Å²) in [5.74, 6) is 0.0950. The lowest BCUT2D eigenvalue weighted by Crippen LogP contribution is -2.32. The topological polar surface area (TPSA) is 59.1 Å². The van der Waals surface area contributed by atoms with Crippen LogP contribution < -0.4 is 4.72 Å². The van der Waals surface area contributed by atoms with Crippen LogP contribution in [0.2, 0.25) is 5.02 Å². The summed E-state index contributed by atoms with van der Waals surface area (Å²) >= 11 is 5.96. The van der Waals surface area contributed by atoms with Crippen LogP contribution in [0.3, 0.4) is 0 Å². The minimum Gasteiger partial charge on any atom is -0.263 e. The number of aromatic nitrogens is 1. The Labute approximate surface area is 130 Å². The highest BCUT2D eigenvalue weighted by Gasteiger charge is 2.25. The van der Waals surface area contributed by atoms with Crippen molar-refractivity contribution in [3.8, 4) is 0 Å².